The van der Waals surface area contributed by atoms with Crippen LogP contribution in [0.2, 0.25) is 5.02 Å². The van der Waals surface area contributed by atoms with E-state index in [9.17, 15) is 8.42 Å². The van der Waals surface area contributed by atoms with Crippen molar-refractivity contribution in [2.45, 2.75) is 11.0 Å². The van der Waals surface area contributed by atoms with E-state index in [0.29, 0.717) is 34.0 Å². The van der Waals surface area contributed by atoms with E-state index in [-0.39, 0.29) is 30.7 Å². The number of aromatic amines is 1. The summed E-state index contributed by atoms with van der Waals surface area (Å²) in [5.74, 6) is 0.716. The van der Waals surface area contributed by atoms with Crippen LogP contribution >= 0.6 is 11.6 Å². The van der Waals surface area contributed by atoms with Crippen LogP contribution in [-0.2, 0) is 14.8 Å². The van der Waals surface area contributed by atoms with Gasteiger partial charge in [-0.05, 0) is 24.3 Å². The molecule has 3 N–H and O–H groups in total. The summed E-state index contributed by atoms with van der Waals surface area (Å²) in [6, 6.07) is 12.5. The predicted molar refractivity (Wildman–Crippen MR) is 108 cm³/mol. The maximum Gasteiger partial charge on any atom is 0.245 e. The molecule has 1 aromatic heterocycles. The van der Waals surface area contributed by atoms with Crippen molar-refractivity contribution in [3.8, 4) is 5.75 Å². The minimum atomic E-state index is -3.74. The number of nitrogens with two attached hydrogens (primary N) is 1. The van der Waals surface area contributed by atoms with Crippen LogP contribution in [0.15, 0.2) is 53.6 Å². The number of halogens is 1. The van der Waals surface area contributed by atoms with Gasteiger partial charge in [0.1, 0.15) is 23.4 Å². The van der Waals surface area contributed by atoms with Crippen molar-refractivity contribution in [2.75, 3.05) is 32.0 Å². The quantitative estimate of drug-likeness (QED) is 0.617. The van der Waals surface area contributed by atoms with Crippen molar-refractivity contribution in [3.05, 3.63) is 53.7 Å². The molecule has 28 heavy (non-hydrogen) atoms. The van der Waals surface area contributed by atoms with Crippen LogP contribution in [0.3, 0.4) is 0 Å². The molecule has 1 fully saturated rings. The Morgan fingerprint density at radius 3 is 2.86 bits per heavy atom. The Morgan fingerprint density at radius 1 is 1.29 bits per heavy atom. The van der Waals surface area contributed by atoms with E-state index >= 15 is 0 Å². The van der Waals surface area contributed by atoms with Crippen molar-refractivity contribution in [2.24, 2.45) is 0 Å². The minimum Gasteiger partial charge on any atom is -0.491 e. The van der Waals surface area contributed by atoms with Crippen molar-refractivity contribution in [1.82, 2.24) is 9.29 Å². The molecule has 4 rings (SSSR count). The number of hydrogen-bond acceptors (Lipinski definition) is 5. The SMILES string of the molecule is Nc1cc(Cl)cc2c(S(=O)(=O)N3CCO[C@H](COc4ccccc4)C3)c[nH]c12. The number of fused-ring (bicyclic) bond motifs is 1. The summed E-state index contributed by atoms with van der Waals surface area (Å²) in [5.41, 5.74) is 6.91. The van der Waals surface area contributed by atoms with Gasteiger partial charge < -0.3 is 20.2 Å². The van der Waals surface area contributed by atoms with Gasteiger partial charge in [0.15, 0.2) is 0 Å². The lowest BCUT2D eigenvalue weighted by Gasteiger charge is -2.31. The highest BCUT2D eigenvalue weighted by Gasteiger charge is 2.33. The second-order valence-corrected chi connectivity index (χ2v) is 8.89. The number of morpholine rings is 1. The molecule has 2 aromatic carbocycles. The van der Waals surface area contributed by atoms with Crippen molar-refractivity contribution in [3.63, 3.8) is 0 Å². The van der Waals surface area contributed by atoms with Gasteiger partial charge in [-0.2, -0.15) is 4.31 Å². The molecule has 1 atom stereocenters. The van der Waals surface area contributed by atoms with E-state index in [1.807, 2.05) is 30.3 Å². The molecule has 2 heterocycles. The standard InChI is InChI=1S/C19H20ClN3O4S/c20-13-8-16-18(10-22-19(16)17(21)9-13)28(24,25)23-6-7-26-15(11-23)12-27-14-4-2-1-3-5-14/h1-5,8-10,15,22H,6-7,11-12,21H2/t15-/m0/s1. The number of aromatic nitrogens is 1. The molecule has 0 bridgehead atoms. The Bertz CT molecular complexity index is 1090. The monoisotopic (exact) mass is 421 g/mol. The third-order valence-electron chi connectivity index (χ3n) is 4.65. The van der Waals surface area contributed by atoms with Gasteiger partial charge in [-0.3, -0.25) is 0 Å². The van der Waals surface area contributed by atoms with Gasteiger partial charge in [0.25, 0.3) is 0 Å². The number of benzene rings is 2. The van der Waals surface area contributed by atoms with Gasteiger partial charge in [0.05, 0.1) is 17.8 Å². The summed E-state index contributed by atoms with van der Waals surface area (Å²) >= 11 is 6.07. The minimum absolute atomic E-state index is 0.154. The number of nitrogens with zero attached hydrogens (tertiary/aromatic N) is 1. The van der Waals surface area contributed by atoms with Crippen LogP contribution in [0, 0.1) is 0 Å². The number of para-hydroxylation sites is 1. The second kappa shape index (κ2) is 7.63. The van der Waals surface area contributed by atoms with Gasteiger partial charge in [-0.15, -0.1) is 0 Å². The summed E-state index contributed by atoms with van der Waals surface area (Å²) in [6.07, 6.45) is 1.10. The number of ether oxygens (including phenoxy) is 2. The van der Waals surface area contributed by atoms with E-state index in [2.05, 4.69) is 4.98 Å². The zero-order chi connectivity index (χ0) is 19.7. The number of hydrogen-bond donors (Lipinski definition) is 2. The average molecular weight is 422 g/mol. The van der Waals surface area contributed by atoms with Crippen LogP contribution in [-0.4, -0.2) is 50.1 Å². The molecule has 0 amide bonds. The van der Waals surface area contributed by atoms with Crippen molar-refractivity contribution >= 4 is 38.2 Å². The summed E-state index contributed by atoms with van der Waals surface area (Å²) in [6.45, 7) is 1.04. The Hall–Kier alpha value is -2.26. The van der Waals surface area contributed by atoms with Crippen molar-refractivity contribution < 1.29 is 17.9 Å². The molecule has 0 unspecified atom stereocenters. The number of nitrogens with one attached hydrogen (secondary N) is 1. The number of H-pyrrole nitrogens is 1. The van der Waals surface area contributed by atoms with Crippen LogP contribution in [0.5, 0.6) is 5.75 Å². The third-order valence-corrected chi connectivity index (χ3v) is 6.77. The van der Waals surface area contributed by atoms with E-state index in [0.717, 1.165) is 0 Å². The fraction of sp³-hybridized carbons (Fsp3) is 0.263. The molecule has 1 saturated heterocycles. The summed E-state index contributed by atoms with van der Waals surface area (Å²) in [5, 5.41) is 0.866. The lowest BCUT2D eigenvalue weighted by molar-refractivity contribution is -0.0249. The lowest BCUT2D eigenvalue weighted by Crippen LogP contribution is -2.47. The van der Waals surface area contributed by atoms with Gasteiger partial charge in [0.2, 0.25) is 10.0 Å². The smallest absolute Gasteiger partial charge is 0.245 e. The van der Waals surface area contributed by atoms with Crippen LogP contribution < -0.4 is 10.5 Å². The number of nitrogen functional groups attached to an aromatic ring is 1. The van der Waals surface area contributed by atoms with E-state index in [1.54, 1.807) is 12.1 Å². The Kier molecular flexibility index (Phi) is 5.20. The Balaban J connectivity index is 1.54. The maximum atomic E-state index is 13.2. The highest BCUT2D eigenvalue weighted by Crippen LogP contribution is 2.32. The van der Waals surface area contributed by atoms with E-state index < -0.39 is 10.0 Å². The number of sulfonamides is 1. The molecule has 9 heteroatoms. The molecular formula is C19H20ClN3O4S. The first-order valence-corrected chi connectivity index (χ1v) is 10.6. The fourth-order valence-electron chi connectivity index (χ4n) is 3.27. The van der Waals surface area contributed by atoms with Crippen LogP contribution in [0.1, 0.15) is 0 Å². The molecule has 1 aliphatic rings. The summed E-state index contributed by atoms with van der Waals surface area (Å²) < 4.78 is 39.3. The predicted octanol–water partition coefficient (Wildman–Crippen LogP) is 2.87. The molecule has 1 aliphatic heterocycles. The highest BCUT2D eigenvalue weighted by atomic mass is 35.5. The van der Waals surface area contributed by atoms with E-state index in [4.69, 9.17) is 26.8 Å². The average Bonchev–Trinajstić information content (AvgIpc) is 3.12. The van der Waals surface area contributed by atoms with Gasteiger partial charge >= 0.3 is 0 Å². The van der Waals surface area contributed by atoms with Gasteiger partial charge in [-0.25, -0.2) is 8.42 Å². The van der Waals surface area contributed by atoms with Crippen molar-refractivity contribution in [1.29, 1.82) is 0 Å². The first-order valence-electron chi connectivity index (χ1n) is 8.81. The summed E-state index contributed by atoms with van der Waals surface area (Å²) in [4.78, 5) is 3.10. The lowest BCUT2D eigenvalue weighted by atomic mass is 10.2. The fourth-order valence-corrected chi connectivity index (χ4v) is 5.10. The highest BCUT2D eigenvalue weighted by molar-refractivity contribution is 7.89. The topological polar surface area (TPSA) is 97.7 Å². The third kappa shape index (κ3) is 3.68. The molecule has 0 radical (unpaired) electrons. The molecule has 0 saturated carbocycles. The molecule has 0 spiro atoms. The Labute approximate surface area is 168 Å². The zero-order valence-corrected chi connectivity index (χ0v) is 16.5. The summed E-state index contributed by atoms with van der Waals surface area (Å²) in [7, 11) is -3.74. The Morgan fingerprint density at radius 2 is 2.07 bits per heavy atom. The first-order chi connectivity index (χ1) is 13.4. The van der Waals surface area contributed by atoms with Gasteiger partial charge in [-0.1, -0.05) is 29.8 Å². The van der Waals surface area contributed by atoms with Gasteiger partial charge in [0, 0.05) is 29.7 Å². The van der Waals surface area contributed by atoms with E-state index in [1.165, 1.54) is 10.5 Å². The van der Waals surface area contributed by atoms with Crippen LogP contribution in [0.25, 0.3) is 10.9 Å². The largest absolute Gasteiger partial charge is 0.491 e. The first kappa shape index (κ1) is 19.1. The molecule has 0 aliphatic carbocycles. The number of rotatable bonds is 5. The second-order valence-electron chi connectivity index (χ2n) is 6.55. The zero-order valence-electron chi connectivity index (χ0n) is 15.0. The molecule has 148 valence electrons. The molecule has 7 nitrogen and oxygen atoms in total. The molecular weight excluding hydrogens is 402 g/mol. The normalized spacial score (nSPS) is 18.4. The number of anilines is 1. The maximum absolute atomic E-state index is 13.2. The van der Waals surface area contributed by atoms with Crippen LogP contribution in [0.4, 0.5) is 5.69 Å². The molecule has 3 aromatic rings.